The van der Waals surface area contributed by atoms with E-state index < -0.39 is 0 Å². The van der Waals surface area contributed by atoms with Crippen LogP contribution in [0, 0.1) is 0 Å². The van der Waals surface area contributed by atoms with Crippen molar-refractivity contribution in [1.82, 2.24) is 10.6 Å². The SMILES string of the molecule is CCOc1ccc(C(=O)NC)c(Cc2cccc(-c3ccc(CC4SC(=O)NC4=O)cc3)c2)c1OCC. The number of carbonyl (C=O) groups is 3. The van der Waals surface area contributed by atoms with Crippen LogP contribution in [-0.2, 0) is 17.6 Å². The van der Waals surface area contributed by atoms with Crippen molar-refractivity contribution < 1.29 is 23.9 Å². The van der Waals surface area contributed by atoms with Crippen LogP contribution < -0.4 is 20.1 Å². The molecule has 0 aromatic heterocycles. The maximum absolute atomic E-state index is 12.7. The van der Waals surface area contributed by atoms with E-state index in [9.17, 15) is 14.4 Å². The fourth-order valence-corrected chi connectivity index (χ4v) is 5.20. The van der Waals surface area contributed by atoms with Crippen LogP contribution in [0.15, 0.2) is 60.7 Å². The Balaban J connectivity index is 1.61. The number of rotatable bonds is 10. The molecule has 0 saturated carbocycles. The van der Waals surface area contributed by atoms with Gasteiger partial charge in [0.15, 0.2) is 11.5 Å². The van der Waals surface area contributed by atoms with Crippen molar-refractivity contribution in [2.24, 2.45) is 0 Å². The number of ether oxygens (including phenoxy) is 2. The topological polar surface area (TPSA) is 93.7 Å². The Labute approximate surface area is 220 Å². The van der Waals surface area contributed by atoms with E-state index in [1.165, 1.54) is 0 Å². The lowest BCUT2D eigenvalue weighted by Gasteiger charge is -2.18. The normalized spacial score (nSPS) is 14.8. The highest BCUT2D eigenvalue weighted by Crippen LogP contribution is 2.36. The minimum Gasteiger partial charge on any atom is -0.490 e. The van der Waals surface area contributed by atoms with Crippen molar-refractivity contribution in [1.29, 1.82) is 0 Å². The first kappa shape index (κ1) is 26.3. The average molecular weight is 519 g/mol. The molecule has 1 atom stereocenters. The third-order valence-corrected chi connectivity index (χ3v) is 7.05. The fraction of sp³-hybridized carbons (Fsp3) is 0.276. The Morgan fingerprint density at radius 2 is 1.70 bits per heavy atom. The molecule has 1 heterocycles. The van der Waals surface area contributed by atoms with Gasteiger partial charge in [0.2, 0.25) is 5.91 Å². The Kier molecular flexibility index (Phi) is 8.50. The summed E-state index contributed by atoms with van der Waals surface area (Å²) in [5.74, 6) is 0.798. The molecular weight excluding hydrogens is 488 g/mol. The number of hydrogen-bond acceptors (Lipinski definition) is 6. The van der Waals surface area contributed by atoms with E-state index in [0.717, 1.165) is 39.6 Å². The van der Waals surface area contributed by atoms with Gasteiger partial charge in [-0.05, 0) is 54.7 Å². The van der Waals surface area contributed by atoms with Crippen LogP contribution >= 0.6 is 11.8 Å². The molecule has 192 valence electrons. The van der Waals surface area contributed by atoms with E-state index in [2.05, 4.69) is 16.7 Å². The lowest BCUT2D eigenvalue weighted by Crippen LogP contribution is -2.25. The highest BCUT2D eigenvalue weighted by atomic mass is 32.2. The molecule has 1 unspecified atom stereocenters. The molecule has 1 aliphatic heterocycles. The molecule has 1 saturated heterocycles. The lowest BCUT2D eigenvalue weighted by atomic mass is 9.94. The molecule has 0 radical (unpaired) electrons. The Morgan fingerprint density at radius 3 is 2.35 bits per heavy atom. The van der Waals surface area contributed by atoms with Gasteiger partial charge < -0.3 is 14.8 Å². The van der Waals surface area contributed by atoms with E-state index >= 15 is 0 Å². The largest absolute Gasteiger partial charge is 0.490 e. The van der Waals surface area contributed by atoms with Crippen molar-refractivity contribution >= 4 is 28.8 Å². The van der Waals surface area contributed by atoms with Gasteiger partial charge in [0.05, 0.1) is 18.5 Å². The summed E-state index contributed by atoms with van der Waals surface area (Å²) in [7, 11) is 1.61. The number of imide groups is 1. The minimum atomic E-state index is -0.386. The molecule has 8 heteroatoms. The van der Waals surface area contributed by atoms with Crippen molar-refractivity contribution in [3.8, 4) is 22.6 Å². The zero-order chi connectivity index (χ0) is 26.4. The summed E-state index contributed by atoms with van der Waals surface area (Å²) in [6, 6.07) is 19.7. The molecule has 3 amide bonds. The molecule has 7 nitrogen and oxygen atoms in total. The molecule has 3 aromatic carbocycles. The van der Waals surface area contributed by atoms with Gasteiger partial charge in [0, 0.05) is 24.6 Å². The number of hydrogen-bond donors (Lipinski definition) is 2. The van der Waals surface area contributed by atoms with Crippen LogP contribution in [0.3, 0.4) is 0 Å². The second-order valence-corrected chi connectivity index (χ2v) is 9.70. The third-order valence-electron chi connectivity index (χ3n) is 6.07. The molecule has 1 aliphatic rings. The number of amides is 3. The first-order valence-electron chi connectivity index (χ1n) is 12.3. The van der Waals surface area contributed by atoms with E-state index in [0.29, 0.717) is 43.1 Å². The van der Waals surface area contributed by atoms with Crippen molar-refractivity contribution in [3.05, 3.63) is 82.9 Å². The summed E-state index contributed by atoms with van der Waals surface area (Å²) in [5.41, 5.74) is 5.42. The highest BCUT2D eigenvalue weighted by molar-refractivity contribution is 8.15. The van der Waals surface area contributed by atoms with E-state index in [4.69, 9.17) is 9.47 Å². The number of carbonyl (C=O) groups excluding carboxylic acids is 3. The van der Waals surface area contributed by atoms with Gasteiger partial charge in [-0.1, -0.05) is 60.3 Å². The lowest BCUT2D eigenvalue weighted by molar-refractivity contribution is -0.118. The van der Waals surface area contributed by atoms with E-state index in [1.54, 1.807) is 19.2 Å². The zero-order valence-electron chi connectivity index (χ0n) is 21.1. The van der Waals surface area contributed by atoms with Crippen molar-refractivity contribution in [2.45, 2.75) is 31.9 Å². The smallest absolute Gasteiger partial charge is 0.286 e. The Bertz CT molecular complexity index is 1310. The summed E-state index contributed by atoms with van der Waals surface area (Å²) >= 11 is 1.04. The summed E-state index contributed by atoms with van der Waals surface area (Å²) in [5, 5.41) is 4.38. The van der Waals surface area contributed by atoms with Crippen molar-refractivity contribution in [2.75, 3.05) is 20.3 Å². The number of thioether (sulfide) groups is 1. The van der Waals surface area contributed by atoms with Crippen molar-refractivity contribution in [3.63, 3.8) is 0 Å². The van der Waals surface area contributed by atoms with E-state index in [1.807, 2.05) is 56.3 Å². The van der Waals surface area contributed by atoms with Gasteiger partial charge in [-0.3, -0.25) is 19.7 Å². The molecule has 3 aromatic rings. The van der Waals surface area contributed by atoms with Crippen LogP contribution in [0.4, 0.5) is 4.79 Å². The molecule has 0 aliphatic carbocycles. The number of nitrogens with one attached hydrogen (secondary N) is 2. The molecule has 0 spiro atoms. The molecule has 37 heavy (non-hydrogen) atoms. The molecule has 1 fully saturated rings. The maximum atomic E-state index is 12.7. The van der Waals surface area contributed by atoms with Gasteiger partial charge in [0.25, 0.3) is 11.1 Å². The fourth-order valence-electron chi connectivity index (χ4n) is 4.34. The Hall–Kier alpha value is -3.78. The average Bonchev–Trinajstić information content (AvgIpc) is 3.22. The third kappa shape index (κ3) is 6.14. The van der Waals surface area contributed by atoms with E-state index in [-0.39, 0.29) is 22.3 Å². The summed E-state index contributed by atoms with van der Waals surface area (Å²) in [6.45, 7) is 4.76. The predicted octanol–water partition coefficient (Wildman–Crippen LogP) is 5.00. The van der Waals surface area contributed by atoms with Gasteiger partial charge in [-0.25, -0.2) is 0 Å². The van der Waals surface area contributed by atoms with Crippen LogP contribution in [0.1, 0.15) is 40.9 Å². The van der Waals surface area contributed by atoms with Crippen LogP contribution in [0.25, 0.3) is 11.1 Å². The van der Waals surface area contributed by atoms with Gasteiger partial charge in [0.1, 0.15) is 0 Å². The first-order valence-corrected chi connectivity index (χ1v) is 13.1. The summed E-state index contributed by atoms with van der Waals surface area (Å²) in [4.78, 5) is 36.0. The van der Waals surface area contributed by atoms with Crippen LogP contribution in [0.2, 0.25) is 0 Å². The van der Waals surface area contributed by atoms with Gasteiger partial charge in [-0.15, -0.1) is 0 Å². The zero-order valence-corrected chi connectivity index (χ0v) is 21.9. The molecule has 4 rings (SSSR count). The molecule has 2 N–H and O–H groups in total. The van der Waals surface area contributed by atoms with Crippen LogP contribution in [0.5, 0.6) is 11.5 Å². The van der Waals surface area contributed by atoms with Crippen LogP contribution in [-0.4, -0.2) is 42.6 Å². The Morgan fingerprint density at radius 1 is 0.946 bits per heavy atom. The van der Waals surface area contributed by atoms with Gasteiger partial charge >= 0.3 is 0 Å². The summed E-state index contributed by atoms with van der Waals surface area (Å²) < 4.78 is 11.8. The number of benzene rings is 3. The predicted molar refractivity (Wildman–Crippen MR) is 145 cm³/mol. The monoisotopic (exact) mass is 518 g/mol. The second kappa shape index (κ2) is 12.0. The first-order chi connectivity index (χ1) is 17.9. The molecule has 0 bridgehead atoms. The quantitative estimate of drug-likeness (QED) is 0.393. The highest BCUT2D eigenvalue weighted by Gasteiger charge is 2.31. The molecular formula is C29H30N2O5S. The standard InChI is InChI=1S/C29H30N2O5S/c1-4-35-24-14-13-22(27(32)30-3)23(26(24)36-5-2)16-19-7-6-8-21(15-19)20-11-9-18(10-12-20)17-25-28(33)31-29(34)37-25/h6-15,25H,4-5,16-17H2,1-3H3,(H,30,32)(H,31,33,34). The maximum Gasteiger partial charge on any atom is 0.286 e. The summed E-state index contributed by atoms with van der Waals surface area (Å²) in [6.07, 6.45) is 0.994. The minimum absolute atomic E-state index is 0.179. The second-order valence-electron chi connectivity index (χ2n) is 8.53. The van der Waals surface area contributed by atoms with Gasteiger partial charge in [-0.2, -0.15) is 0 Å².